The molecular formula is C41H56O5S2. The third-order valence-corrected chi connectivity index (χ3v) is 12.0. The van der Waals surface area contributed by atoms with Crippen molar-refractivity contribution in [3.63, 3.8) is 0 Å². The summed E-state index contributed by atoms with van der Waals surface area (Å²) < 4.78 is 5.55. The number of aryl methyl sites for hydroxylation is 3. The summed E-state index contributed by atoms with van der Waals surface area (Å²) in [5, 5.41) is 16.7. The molecule has 7 heteroatoms. The molecule has 3 aromatic rings. The van der Waals surface area contributed by atoms with E-state index in [2.05, 4.69) is 85.8 Å². The summed E-state index contributed by atoms with van der Waals surface area (Å²) in [6.45, 7) is 24.9. The van der Waals surface area contributed by atoms with Crippen LogP contribution >= 0.6 is 22.7 Å². The van der Waals surface area contributed by atoms with Gasteiger partial charge >= 0.3 is 5.97 Å². The van der Waals surface area contributed by atoms with Crippen LogP contribution in [-0.4, -0.2) is 29.3 Å². The Morgan fingerprint density at radius 1 is 0.958 bits per heavy atom. The standard InChI is InChI=1S/C20H24O3S.C20H30S.CH2O2/c1-5-23-13-6-7-14(12(2)10-13)18-17(19(21)22)15-11-20(3,4)9-8-16(15)24-18;1-13(2)8-9-16(14(3)4)19-15(5)17-12-20(6,7)11-10-18(17)21-19;2-1-3/h6-7,10H,5,8-9,11H2,1-4H3,(H,21,22);8-9,14H,10-12H2,1-7H3;1H,(H,2,3)/b;16-9+;. The molecule has 0 radical (unpaired) electrons. The largest absolute Gasteiger partial charge is 0.494 e. The normalized spacial score (nSPS) is 16.0. The van der Waals surface area contributed by atoms with E-state index in [9.17, 15) is 9.90 Å². The van der Waals surface area contributed by atoms with Gasteiger partial charge in [0, 0.05) is 19.5 Å². The molecule has 2 aliphatic carbocycles. The minimum absolute atomic E-state index is 0.170. The summed E-state index contributed by atoms with van der Waals surface area (Å²) in [5.41, 5.74) is 10.3. The molecule has 48 heavy (non-hydrogen) atoms. The van der Waals surface area contributed by atoms with Gasteiger partial charge in [0.1, 0.15) is 5.75 Å². The highest BCUT2D eigenvalue weighted by atomic mass is 32.1. The number of aromatic carboxylic acids is 1. The molecule has 0 unspecified atom stereocenters. The van der Waals surface area contributed by atoms with Gasteiger partial charge in [0.15, 0.2) is 0 Å². The fourth-order valence-corrected chi connectivity index (χ4v) is 9.50. The summed E-state index contributed by atoms with van der Waals surface area (Å²) in [5.74, 6) is 0.596. The average molecular weight is 693 g/mol. The highest BCUT2D eigenvalue weighted by Crippen LogP contribution is 2.47. The molecule has 0 fully saturated rings. The molecule has 5 nitrogen and oxygen atoms in total. The van der Waals surface area contributed by atoms with Gasteiger partial charge in [-0.05, 0) is 141 Å². The zero-order valence-corrected chi connectivity index (χ0v) is 32.6. The Bertz CT molecular complexity index is 1660. The number of rotatable bonds is 7. The van der Waals surface area contributed by atoms with Crippen LogP contribution in [-0.2, 0) is 30.5 Å². The molecule has 2 aliphatic rings. The molecule has 0 amide bonds. The first-order valence-corrected chi connectivity index (χ1v) is 18.7. The number of allylic oxidation sites excluding steroid dienone is 4. The van der Waals surface area contributed by atoms with E-state index in [-0.39, 0.29) is 11.9 Å². The Hall–Kier alpha value is -3.16. The van der Waals surface area contributed by atoms with Crippen LogP contribution < -0.4 is 4.74 Å². The van der Waals surface area contributed by atoms with E-state index in [0.29, 0.717) is 23.5 Å². The fourth-order valence-electron chi connectivity index (χ4n) is 6.60. The van der Waals surface area contributed by atoms with Crippen molar-refractivity contribution in [2.75, 3.05) is 6.61 Å². The van der Waals surface area contributed by atoms with Gasteiger partial charge in [0.05, 0.1) is 12.2 Å². The Labute approximate surface area is 296 Å². The van der Waals surface area contributed by atoms with E-state index in [1.54, 1.807) is 27.3 Å². The molecule has 1 aromatic carbocycles. The number of ether oxygens (including phenoxy) is 1. The average Bonchev–Trinajstić information content (AvgIpc) is 3.50. The van der Waals surface area contributed by atoms with Crippen LogP contribution in [0.2, 0.25) is 0 Å². The van der Waals surface area contributed by atoms with Crippen molar-refractivity contribution in [2.24, 2.45) is 16.7 Å². The Morgan fingerprint density at radius 2 is 1.52 bits per heavy atom. The second-order valence-electron chi connectivity index (χ2n) is 15.2. The summed E-state index contributed by atoms with van der Waals surface area (Å²) >= 11 is 3.71. The third-order valence-electron chi connectivity index (χ3n) is 9.26. The number of hydrogen-bond donors (Lipinski definition) is 2. The van der Waals surface area contributed by atoms with Crippen molar-refractivity contribution in [2.45, 2.75) is 115 Å². The van der Waals surface area contributed by atoms with Crippen molar-refractivity contribution < 1.29 is 24.5 Å². The van der Waals surface area contributed by atoms with Gasteiger partial charge in [-0.25, -0.2) is 4.79 Å². The zero-order chi connectivity index (χ0) is 36.0. The molecule has 0 atom stereocenters. The van der Waals surface area contributed by atoms with Gasteiger partial charge in [-0.15, -0.1) is 22.7 Å². The van der Waals surface area contributed by atoms with E-state index in [1.165, 1.54) is 40.2 Å². The predicted octanol–water partition coefficient (Wildman–Crippen LogP) is 11.6. The van der Waals surface area contributed by atoms with Gasteiger partial charge < -0.3 is 14.9 Å². The summed E-state index contributed by atoms with van der Waals surface area (Å²) in [4.78, 5) is 25.7. The summed E-state index contributed by atoms with van der Waals surface area (Å²) in [7, 11) is 0. The molecule has 2 N–H and O–H groups in total. The number of carbonyl (C=O) groups is 2. The van der Waals surface area contributed by atoms with Crippen molar-refractivity contribution in [1.82, 2.24) is 0 Å². The zero-order valence-electron chi connectivity index (χ0n) is 30.9. The molecule has 0 saturated heterocycles. The van der Waals surface area contributed by atoms with Crippen LogP contribution in [0.25, 0.3) is 16.0 Å². The van der Waals surface area contributed by atoms with Gasteiger partial charge in [-0.1, -0.05) is 59.3 Å². The maximum Gasteiger partial charge on any atom is 0.337 e. The number of thiophene rings is 2. The van der Waals surface area contributed by atoms with E-state index < -0.39 is 5.97 Å². The molecule has 2 heterocycles. The number of carboxylic acids is 1. The summed E-state index contributed by atoms with van der Waals surface area (Å²) in [6, 6.07) is 5.92. The number of benzene rings is 1. The van der Waals surface area contributed by atoms with E-state index in [1.807, 2.05) is 32.0 Å². The van der Waals surface area contributed by atoms with Crippen molar-refractivity contribution in [1.29, 1.82) is 0 Å². The van der Waals surface area contributed by atoms with E-state index >= 15 is 0 Å². The van der Waals surface area contributed by atoms with Gasteiger partial charge in [0.25, 0.3) is 6.47 Å². The number of fused-ring (bicyclic) bond motifs is 2. The monoisotopic (exact) mass is 692 g/mol. The Morgan fingerprint density at radius 3 is 2.02 bits per heavy atom. The molecule has 0 spiro atoms. The van der Waals surface area contributed by atoms with Crippen molar-refractivity contribution >= 4 is 40.7 Å². The molecule has 5 rings (SSSR count). The topological polar surface area (TPSA) is 83.8 Å². The number of carboxylic acid groups (broad SMARTS) is 2. The van der Waals surface area contributed by atoms with Gasteiger partial charge in [-0.2, -0.15) is 0 Å². The van der Waals surface area contributed by atoms with Crippen LogP contribution in [0.1, 0.15) is 122 Å². The molecular weight excluding hydrogens is 637 g/mol. The summed E-state index contributed by atoms with van der Waals surface area (Å²) in [6.07, 6.45) is 11.4. The fraction of sp³-hybridized carbons (Fsp3) is 0.512. The third kappa shape index (κ3) is 9.72. The van der Waals surface area contributed by atoms with Gasteiger partial charge in [0.2, 0.25) is 0 Å². The van der Waals surface area contributed by atoms with E-state index in [0.717, 1.165) is 46.6 Å². The predicted molar refractivity (Wildman–Crippen MR) is 204 cm³/mol. The highest BCUT2D eigenvalue weighted by molar-refractivity contribution is 7.16. The maximum atomic E-state index is 12.0. The lowest BCUT2D eigenvalue weighted by Crippen LogP contribution is -2.22. The minimum Gasteiger partial charge on any atom is -0.494 e. The molecule has 0 saturated carbocycles. The minimum atomic E-state index is -0.812. The molecule has 262 valence electrons. The van der Waals surface area contributed by atoms with E-state index in [4.69, 9.17) is 14.6 Å². The molecule has 0 aliphatic heterocycles. The van der Waals surface area contributed by atoms with Crippen molar-refractivity contribution in [3.8, 4) is 16.2 Å². The molecule has 0 bridgehead atoms. The van der Waals surface area contributed by atoms with Crippen LogP contribution in [0.5, 0.6) is 5.75 Å². The number of hydrogen-bond acceptors (Lipinski definition) is 5. The lowest BCUT2D eigenvalue weighted by atomic mass is 9.76. The SMILES string of the molecule is CC(C)=C/C=C(/c1sc2c(c1C)CC(C)(C)CC2)C(C)C.CCOc1ccc(-c2sc3c(c2C(=O)O)CC(C)(C)CC3)c(C)c1.O=CO. The van der Waals surface area contributed by atoms with Crippen LogP contribution in [0.4, 0.5) is 0 Å². The first kappa shape index (κ1) is 39.3. The van der Waals surface area contributed by atoms with Crippen LogP contribution in [0.15, 0.2) is 35.9 Å². The smallest absolute Gasteiger partial charge is 0.337 e. The lowest BCUT2D eigenvalue weighted by Gasteiger charge is -2.29. The second kappa shape index (κ2) is 16.5. The lowest BCUT2D eigenvalue weighted by molar-refractivity contribution is -0.122. The Kier molecular flexibility index (Phi) is 13.5. The van der Waals surface area contributed by atoms with Crippen molar-refractivity contribution in [3.05, 3.63) is 78.4 Å². The highest BCUT2D eigenvalue weighted by Gasteiger charge is 2.33. The first-order chi connectivity index (χ1) is 22.4. The molecule has 2 aromatic heterocycles. The van der Waals surface area contributed by atoms with Gasteiger partial charge in [-0.3, -0.25) is 4.79 Å². The van der Waals surface area contributed by atoms with Crippen LogP contribution in [0.3, 0.4) is 0 Å². The maximum absolute atomic E-state index is 12.0. The first-order valence-electron chi connectivity index (χ1n) is 17.1. The quantitative estimate of drug-likeness (QED) is 0.190. The van der Waals surface area contributed by atoms with Crippen LogP contribution in [0, 0.1) is 30.6 Å². The second-order valence-corrected chi connectivity index (χ2v) is 17.4. The Balaban J connectivity index is 0.000000243.